The molecule has 5 rings (SSSR count). The van der Waals surface area contributed by atoms with E-state index in [0.717, 1.165) is 12.0 Å². The van der Waals surface area contributed by atoms with Crippen molar-refractivity contribution in [1.82, 2.24) is 4.90 Å². The fourth-order valence-electron chi connectivity index (χ4n) is 5.58. The third kappa shape index (κ3) is 5.90. The van der Waals surface area contributed by atoms with Gasteiger partial charge in [-0.2, -0.15) is 0 Å². The molecular weight excluding hydrogens is 534 g/mol. The minimum absolute atomic E-state index is 0.148. The third-order valence-electron chi connectivity index (χ3n) is 7.72. The number of nitrogens with one attached hydrogen (secondary N) is 1. The van der Waals surface area contributed by atoms with E-state index in [-0.39, 0.29) is 30.5 Å². The maximum atomic E-state index is 14.2. The van der Waals surface area contributed by atoms with Gasteiger partial charge < -0.3 is 19.7 Å². The first kappa shape index (κ1) is 28.6. The van der Waals surface area contributed by atoms with Crippen molar-refractivity contribution in [3.63, 3.8) is 0 Å². The Morgan fingerprint density at radius 3 is 2.45 bits per heavy atom. The van der Waals surface area contributed by atoms with Gasteiger partial charge in [-0.25, -0.2) is 0 Å². The first-order valence-electron chi connectivity index (χ1n) is 13.9. The number of ketones is 1. The van der Waals surface area contributed by atoms with Gasteiger partial charge >= 0.3 is 0 Å². The van der Waals surface area contributed by atoms with Crippen LogP contribution in [0.4, 0.5) is 11.4 Å². The monoisotopic (exact) mass is 567 g/mol. The van der Waals surface area contributed by atoms with Crippen LogP contribution >= 0.6 is 0 Å². The molecule has 0 saturated carbocycles. The standard InChI is InChI=1S/C33H33N3O6/c1-41-24-17-18-26(28(19-24)42-2)34-32(39)30(23-13-7-4-8-14-23)36(20-22-11-5-3-6-12-22)29(37)21-35-27-16-10-9-15-25(27)31(38)33(35)40/h3-7,9-12,15-19,23,30H,8,13-14,20-21H2,1-2H3,(H,34,39). The third-order valence-corrected chi connectivity index (χ3v) is 7.72. The second-order valence-corrected chi connectivity index (χ2v) is 10.3. The van der Waals surface area contributed by atoms with Crippen molar-refractivity contribution in [2.75, 3.05) is 31.0 Å². The molecule has 0 saturated heterocycles. The summed E-state index contributed by atoms with van der Waals surface area (Å²) in [5.74, 6) is -1.39. The predicted molar refractivity (Wildman–Crippen MR) is 159 cm³/mol. The van der Waals surface area contributed by atoms with Gasteiger partial charge in [-0.15, -0.1) is 0 Å². The summed E-state index contributed by atoms with van der Waals surface area (Å²) >= 11 is 0. The number of ether oxygens (including phenoxy) is 2. The van der Waals surface area contributed by atoms with Crippen LogP contribution in [-0.2, 0) is 20.9 Å². The van der Waals surface area contributed by atoms with E-state index in [9.17, 15) is 19.2 Å². The average molecular weight is 568 g/mol. The molecule has 9 nitrogen and oxygen atoms in total. The Kier molecular flexibility index (Phi) is 8.66. The van der Waals surface area contributed by atoms with Crippen molar-refractivity contribution in [3.8, 4) is 11.5 Å². The number of para-hydroxylation sites is 1. The van der Waals surface area contributed by atoms with E-state index in [4.69, 9.17) is 9.47 Å². The number of carbonyl (C=O) groups is 4. The highest BCUT2D eigenvalue weighted by molar-refractivity contribution is 6.52. The molecular formula is C33H33N3O6. The van der Waals surface area contributed by atoms with Crippen molar-refractivity contribution in [1.29, 1.82) is 0 Å². The number of allylic oxidation sites excluding steroid dienone is 2. The molecule has 9 heteroatoms. The maximum absolute atomic E-state index is 14.2. The number of nitrogens with zero attached hydrogens (tertiary/aromatic N) is 2. The summed E-state index contributed by atoms with van der Waals surface area (Å²) in [6.07, 6.45) is 6.21. The summed E-state index contributed by atoms with van der Waals surface area (Å²) in [6, 6.07) is 20.3. The topological polar surface area (TPSA) is 105 Å². The van der Waals surface area contributed by atoms with Crippen molar-refractivity contribution in [3.05, 3.63) is 96.1 Å². The Balaban J connectivity index is 1.51. The lowest BCUT2D eigenvalue weighted by Crippen LogP contribution is -2.54. The number of carbonyl (C=O) groups excluding carboxylic acids is 4. The zero-order valence-electron chi connectivity index (χ0n) is 23.6. The lowest BCUT2D eigenvalue weighted by molar-refractivity contribution is -0.140. The van der Waals surface area contributed by atoms with Crippen LogP contribution in [0.2, 0.25) is 0 Å². The quantitative estimate of drug-likeness (QED) is 0.283. The second-order valence-electron chi connectivity index (χ2n) is 10.3. The van der Waals surface area contributed by atoms with E-state index < -0.39 is 23.6 Å². The molecule has 0 radical (unpaired) electrons. The Morgan fingerprint density at radius 2 is 1.74 bits per heavy atom. The van der Waals surface area contributed by atoms with E-state index in [1.54, 1.807) is 54.5 Å². The molecule has 2 unspecified atom stereocenters. The van der Waals surface area contributed by atoms with E-state index in [1.165, 1.54) is 12.0 Å². The smallest absolute Gasteiger partial charge is 0.299 e. The molecule has 0 spiro atoms. The van der Waals surface area contributed by atoms with Crippen LogP contribution in [0.1, 0.15) is 35.2 Å². The normalized spacial score (nSPS) is 16.5. The fourth-order valence-corrected chi connectivity index (χ4v) is 5.58. The molecule has 42 heavy (non-hydrogen) atoms. The van der Waals surface area contributed by atoms with Crippen molar-refractivity contribution < 1.29 is 28.7 Å². The molecule has 3 aromatic rings. The molecule has 3 aromatic carbocycles. The van der Waals surface area contributed by atoms with Gasteiger partial charge in [-0.3, -0.25) is 24.1 Å². The van der Waals surface area contributed by atoms with Gasteiger partial charge in [0.2, 0.25) is 11.8 Å². The largest absolute Gasteiger partial charge is 0.497 e. The van der Waals surface area contributed by atoms with Crippen LogP contribution in [0.25, 0.3) is 0 Å². The first-order chi connectivity index (χ1) is 20.4. The van der Waals surface area contributed by atoms with Crippen LogP contribution in [0, 0.1) is 5.92 Å². The van der Waals surface area contributed by atoms with E-state index in [0.29, 0.717) is 35.7 Å². The molecule has 1 aliphatic heterocycles. The zero-order valence-corrected chi connectivity index (χ0v) is 23.6. The Labute approximate surface area is 244 Å². The van der Waals surface area contributed by atoms with Gasteiger partial charge in [-0.05, 0) is 55.0 Å². The minimum atomic E-state index is -0.863. The van der Waals surface area contributed by atoms with Crippen LogP contribution in [0.3, 0.4) is 0 Å². The molecule has 216 valence electrons. The summed E-state index contributed by atoms with van der Waals surface area (Å²) in [5.41, 5.74) is 1.94. The molecule has 1 aliphatic carbocycles. The van der Waals surface area contributed by atoms with Crippen molar-refractivity contribution in [2.45, 2.75) is 31.8 Å². The molecule has 1 heterocycles. The van der Waals surface area contributed by atoms with Gasteiger partial charge in [0.25, 0.3) is 11.7 Å². The van der Waals surface area contributed by atoms with E-state index >= 15 is 0 Å². The number of fused-ring (bicyclic) bond motifs is 1. The lowest BCUT2D eigenvalue weighted by atomic mass is 9.85. The molecule has 3 amide bonds. The number of hydrogen-bond acceptors (Lipinski definition) is 6. The van der Waals surface area contributed by atoms with Gasteiger partial charge in [-0.1, -0.05) is 54.6 Å². The average Bonchev–Trinajstić information content (AvgIpc) is 3.26. The van der Waals surface area contributed by atoms with E-state index in [2.05, 4.69) is 11.4 Å². The van der Waals surface area contributed by atoms with E-state index in [1.807, 2.05) is 36.4 Å². The van der Waals surface area contributed by atoms with Crippen molar-refractivity contribution >= 4 is 34.9 Å². The number of Topliss-reactive ketones (excluding diaryl/α,β-unsaturated/α-hetero) is 1. The number of anilines is 2. The summed E-state index contributed by atoms with van der Waals surface area (Å²) in [7, 11) is 3.05. The number of amides is 3. The maximum Gasteiger partial charge on any atom is 0.299 e. The Hall–Kier alpha value is -4.92. The molecule has 0 bridgehead atoms. The molecule has 0 fully saturated rings. The fraction of sp³-hybridized carbons (Fsp3) is 0.273. The zero-order chi connectivity index (χ0) is 29.6. The summed E-state index contributed by atoms with van der Waals surface area (Å²) in [4.78, 5) is 56.7. The van der Waals surface area contributed by atoms with Crippen LogP contribution < -0.4 is 19.7 Å². The molecule has 2 atom stereocenters. The number of rotatable bonds is 10. The lowest BCUT2D eigenvalue weighted by Gasteiger charge is -2.37. The Bertz CT molecular complexity index is 1520. The first-order valence-corrected chi connectivity index (χ1v) is 13.9. The highest BCUT2D eigenvalue weighted by atomic mass is 16.5. The minimum Gasteiger partial charge on any atom is -0.497 e. The Morgan fingerprint density at radius 1 is 0.976 bits per heavy atom. The summed E-state index contributed by atoms with van der Waals surface area (Å²) < 4.78 is 10.8. The second kappa shape index (κ2) is 12.7. The number of benzene rings is 3. The van der Waals surface area contributed by atoms with Gasteiger partial charge in [0, 0.05) is 12.6 Å². The molecule has 2 aliphatic rings. The van der Waals surface area contributed by atoms with Gasteiger partial charge in [0.05, 0.1) is 31.2 Å². The predicted octanol–water partition coefficient (Wildman–Crippen LogP) is 4.63. The molecule has 1 N–H and O–H groups in total. The van der Waals surface area contributed by atoms with Crippen LogP contribution in [-0.4, -0.2) is 55.2 Å². The van der Waals surface area contributed by atoms with Crippen molar-refractivity contribution in [2.24, 2.45) is 5.92 Å². The van der Waals surface area contributed by atoms with Crippen LogP contribution in [0.15, 0.2) is 84.9 Å². The molecule has 0 aromatic heterocycles. The summed E-state index contributed by atoms with van der Waals surface area (Å²) in [6.45, 7) is -0.220. The summed E-state index contributed by atoms with van der Waals surface area (Å²) in [5, 5.41) is 2.98. The SMILES string of the molecule is COc1ccc(NC(=O)C(C2CC=CCC2)N(Cc2ccccc2)C(=O)CN2C(=O)C(=O)c3ccccc32)c(OC)c1. The van der Waals surface area contributed by atoms with Gasteiger partial charge in [0.1, 0.15) is 24.1 Å². The number of hydrogen-bond donors (Lipinski definition) is 1. The number of methoxy groups -OCH3 is 2. The highest BCUT2D eigenvalue weighted by Gasteiger charge is 2.41. The van der Waals surface area contributed by atoms with Crippen LogP contribution in [0.5, 0.6) is 11.5 Å². The van der Waals surface area contributed by atoms with Gasteiger partial charge in [0.15, 0.2) is 0 Å². The highest BCUT2D eigenvalue weighted by Crippen LogP contribution is 2.33.